The molecule has 0 spiro atoms. The number of carbonyl (C=O) groups is 2. The molecular weight excluding hydrogens is 503 g/mol. The fourth-order valence-corrected chi connectivity index (χ4v) is 5.41. The monoisotopic (exact) mass is 531 g/mol. The van der Waals surface area contributed by atoms with Gasteiger partial charge in [-0.3, -0.25) is 14.6 Å². The van der Waals surface area contributed by atoms with Crippen LogP contribution in [0.4, 0.5) is 13.2 Å². The van der Waals surface area contributed by atoms with E-state index in [1.165, 1.54) is 0 Å². The van der Waals surface area contributed by atoms with Gasteiger partial charge in [0.25, 0.3) is 5.91 Å². The van der Waals surface area contributed by atoms with E-state index in [4.69, 9.17) is 0 Å². The molecule has 1 aromatic heterocycles. The van der Waals surface area contributed by atoms with Gasteiger partial charge in [0.15, 0.2) is 0 Å². The summed E-state index contributed by atoms with van der Waals surface area (Å²) in [5, 5.41) is 0.706. The first kappa shape index (κ1) is 26.4. The zero-order valence-corrected chi connectivity index (χ0v) is 21.2. The van der Waals surface area contributed by atoms with Crippen LogP contribution in [-0.2, 0) is 17.8 Å². The minimum absolute atomic E-state index is 0.163. The Morgan fingerprint density at radius 3 is 2.28 bits per heavy atom. The molecule has 0 N–H and O–H groups in total. The van der Waals surface area contributed by atoms with Crippen LogP contribution < -0.4 is 0 Å². The number of carbonyl (C=O) groups excluding carboxylic acids is 2. The number of hydrogen-bond acceptors (Lipinski definition) is 3. The van der Waals surface area contributed by atoms with Crippen LogP contribution in [0.3, 0.4) is 0 Å². The van der Waals surface area contributed by atoms with Crippen molar-refractivity contribution in [3.8, 4) is 0 Å². The maximum absolute atomic E-state index is 13.9. The maximum Gasteiger partial charge on any atom is 0.471 e. The topological polar surface area (TPSA) is 53.5 Å². The van der Waals surface area contributed by atoms with Gasteiger partial charge in [0.1, 0.15) is 0 Å². The summed E-state index contributed by atoms with van der Waals surface area (Å²) in [5.74, 6) is -2.03. The molecule has 2 amide bonds. The molecule has 1 aliphatic rings. The Morgan fingerprint density at radius 2 is 1.56 bits per heavy atom. The van der Waals surface area contributed by atoms with Crippen molar-refractivity contribution in [3.63, 3.8) is 0 Å². The van der Waals surface area contributed by atoms with Crippen LogP contribution in [-0.4, -0.2) is 51.4 Å². The molecule has 1 saturated heterocycles. The number of rotatable bonds is 6. The Labute approximate surface area is 224 Å². The number of fused-ring (bicyclic) bond motifs is 1. The SMILES string of the molecule is O=C(c1ccccc1)N1CCC(N(Cc2ccnc3ccccc23)C(=O)C(F)(F)F)CC1Cc1ccccc1. The predicted octanol–water partition coefficient (Wildman–Crippen LogP) is 6.04. The number of alkyl halides is 3. The van der Waals surface area contributed by atoms with Crippen molar-refractivity contribution in [1.29, 1.82) is 0 Å². The summed E-state index contributed by atoms with van der Waals surface area (Å²) >= 11 is 0. The Kier molecular flexibility index (Phi) is 7.63. The number of halogens is 3. The quantitative estimate of drug-likeness (QED) is 0.305. The number of amides is 2. The number of piperidine rings is 1. The fraction of sp³-hybridized carbons (Fsp3) is 0.258. The number of hydrogen-bond donors (Lipinski definition) is 0. The van der Waals surface area contributed by atoms with E-state index < -0.39 is 18.1 Å². The van der Waals surface area contributed by atoms with E-state index in [0.29, 0.717) is 28.5 Å². The van der Waals surface area contributed by atoms with E-state index in [-0.39, 0.29) is 37.9 Å². The second-order valence-electron chi connectivity index (χ2n) is 9.80. The minimum atomic E-state index is -5.02. The van der Waals surface area contributed by atoms with Crippen molar-refractivity contribution in [2.45, 2.75) is 44.1 Å². The lowest BCUT2D eigenvalue weighted by Crippen LogP contribution is -2.55. The standard InChI is InChI=1S/C31H28F3N3O2/c32-31(33,34)30(39)37(21-24-15-17-35-28-14-8-7-13-27(24)28)25-16-18-36(29(38)23-11-5-2-6-12-23)26(20-25)19-22-9-3-1-4-10-22/h1-15,17,25-26H,16,18-21H2. The zero-order chi connectivity index (χ0) is 27.4. The molecule has 0 bridgehead atoms. The molecule has 2 heterocycles. The summed E-state index contributed by atoms with van der Waals surface area (Å²) in [6.45, 7) is 0.0470. The Bertz CT molecular complexity index is 1440. The molecule has 4 aromatic rings. The van der Waals surface area contributed by atoms with E-state index >= 15 is 0 Å². The van der Waals surface area contributed by atoms with Gasteiger partial charge in [0.05, 0.1) is 5.52 Å². The van der Waals surface area contributed by atoms with Gasteiger partial charge in [-0.15, -0.1) is 0 Å². The average molecular weight is 532 g/mol. The number of pyridine rings is 1. The van der Waals surface area contributed by atoms with Gasteiger partial charge in [-0.05, 0) is 54.7 Å². The van der Waals surface area contributed by atoms with E-state index in [9.17, 15) is 22.8 Å². The normalized spacial score (nSPS) is 17.7. The van der Waals surface area contributed by atoms with Crippen LogP contribution in [0.2, 0.25) is 0 Å². The second-order valence-corrected chi connectivity index (χ2v) is 9.80. The first-order chi connectivity index (χ1) is 18.8. The zero-order valence-electron chi connectivity index (χ0n) is 21.2. The molecule has 1 aliphatic heterocycles. The summed E-state index contributed by atoms with van der Waals surface area (Å²) in [7, 11) is 0. The Morgan fingerprint density at radius 1 is 0.897 bits per heavy atom. The van der Waals surface area contributed by atoms with Crippen molar-refractivity contribution >= 4 is 22.7 Å². The van der Waals surface area contributed by atoms with Crippen LogP contribution in [0, 0.1) is 0 Å². The van der Waals surface area contributed by atoms with E-state index in [1.807, 2.05) is 42.5 Å². The first-order valence-electron chi connectivity index (χ1n) is 12.9. The predicted molar refractivity (Wildman–Crippen MR) is 143 cm³/mol. The molecule has 8 heteroatoms. The lowest BCUT2D eigenvalue weighted by molar-refractivity contribution is -0.189. The maximum atomic E-state index is 13.9. The van der Waals surface area contributed by atoms with E-state index in [0.717, 1.165) is 10.5 Å². The molecule has 0 saturated carbocycles. The first-order valence-corrected chi connectivity index (χ1v) is 12.9. The molecule has 200 valence electrons. The fourth-order valence-electron chi connectivity index (χ4n) is 5.41. The number of nitrogens with zero attached hydrogens (tertiary/aromatic N) is 3. The van der Waals surface area contributed by atoms with Gasteiger partial charge in [-0.25, -0.2) is 0 Å². The van der Waals surface area contributed by atoms with Gasteiger partial charge in [-0.1, -0.05) is 66.7 Å². The van der Waals surface area contributed by atoms with Gasteiger partial charge >= 0.3 is 12.1 Å². The lowest BCUT2D eigenvalue weighted by atomic mass is 9.90. The molecular formula is C31H28F3N3O2. The molecule has 1 fully saturated rings. The third kappa shape index (κ3) is 5.95. The number of para-hydroxylation sites is 1. The Hall–Kier alpha value is -4.20. The molecule has 5 rings (SSSR count). The van der Waals surface area contributed by atoms with Crippen molar-refractivity contribution in [1.82, 2.24) is 14.8 Å². The van der Waals surface area contributed by atoms with Gasteiger partial charge in [-0.2, -0.15) is 13.2 Å². The molecule has 0 radical (unpaired) electrons. The van der Waals surface area contributed by atoms with E-state index in [1.54, 1.807) is 59.6 Å². The largest absolute Gasteiger partial charge is 0.471 e. The third-order valence-electron chi connectivity index (χ3n) is 7.31. The number of aromatic nitrogens is 1. The van der Waals surface area contributed by atoms with E-state index in [2.05, 4.69) is 4.98 Å². The highest BCUT2D eigenvalue weighted by molar-refractivity contribution is 5.94. The highest BCUT2D eigenvalue weighted by Crippen LogP contribution is 2.31. The summed E-state index contributed by atoms with van der Waals surface area (Å²) in [5.41, 5.74) is 2.75. The highest BCUT2D eigenvalue weighted by Gasteiger charge is 2.46. The number of benzene rings is 3. The summed E-state index contributed by atoms with van der Waals surface area (Å²) in [4.78, 5) is 33.3. The van der Waals surface area contributed by atoms with Crippen LogP contribution in [0.25, 0.3) is 10.9 Å². The van der Waals surface area contributed by atoms with Gasteiger partial charge in [0, 0.05) is 42.3 Å². The van der Waals surface area contributed by atoms with Crippen LogP contribution in [0.5, 0.6) is 0 Å². The summed E-state index contributed by atoms with van der Waals surface area (Å²) in [6.07, 6.45) is -2.52. The number of likely N-dealkylation sites (tertiary alicyclic amines) is 1. The van der Waals surface area contributed by atoms with Gasteiger partial charge in [0.2, 0.25) is 0 Å². The molecule has 2 atom stereocenters. The third-order valence-corrected chi connectivity index (χ3v) is 7.31. The molecule has 5 nitrogen and oxygen atoms in total. The van der Waals surface area contributed by atoms with Crippen LogP contribution in [0.15, 0.2) is 97.2 Å². The molecule has 2 unspecified atom stereocenters. The van der Waals surface area contributed by atoms with Crippen LogP contribution >= 0.6 is 0 Å². The van der Waals surface area contributed by atoms with Crippen molar-refractivity contribution < 1.29 is 22.8 Å². The van der Waals surface area contributed by atoms with Crippen molar-refractivity contribution in [2.24, 2.45) is 0 Å². The minimum Gasteiger partial charge on any atom is -0.335 e. The summed E-state index contributed by atoms with van der Waals surface area (Å²) in [6, 6.07) is 26.2. The highest BCUT2D eigenvalue weighted by atomic mass is 19.4. The Balaban J connectivity index is 1.47. The van der Waals surface area contributed by atoms with Crippen LogP contribution in [0.1, 0.15) is 34.3 Å². The smallest absolute Gasteiger partial charge is 0.335 e. The van der Waals surface area contributed by atoms with Gasteiger partial charge < -0.3 is 9.80 Å². The summed E-state index contributed by atoms with van der Waals surface area (Å²) < 4.78 is 41.6. The van der Waals surface area contributed by atoms with Crippen molar-refractivity contribution in [3.05, 3.63) is 114 Å². The average Bonchev–Trinajstić information content (AvgIpc) is 2.96. The molecule has 0 aliphatic carbocycles. The molecule has 39 heavy (non-hydrogen) atoms. The van der Waals surface area contributed by atoms with Crippen molar-refractivity contribution in [2.75, 3.05) is 6.54 Å². The lowest BCUT2D eigenvalue weighted by Gasteiger charge is -2.44. The molecule has 3 aromatic carbocycles. The second kappa shape index (κ2) is 11.3.